The summed E-state index contributed by atoms with van der Waals surface area (Å²) in [7, 11) is -5.08. The smallest absolute Gasteiger partial charge is 0.135 e. The van der Waals surface area contributed by atoms with Crippen molar-refractivity contribution < 1.29 is 13.3 Å². The third-order valence-corrected chi connectivity index (χ3v) is 5.22. The maximum Gasteiger partial charge on any atom is 0.135 e. The Morgan fingerprint density at radius 2 is 1.00 bits per heavy atom. The van der Waals surface area contributed by atoms with Crippen molar-refractivity contribution in [2.75, 3.05) is 0 Å². The molecule has 0 aliphatic carbocycles. The first-order valence-corrected chi connectivity index (χ1v) is 7.60. The Kier molecular flexibility index (Phi) is 3.25. The van der Waals surface area contributed by atoms with Crippen LogP contribution >= 0.6 is 23.2 Å². The van der Waals surface area contributed by atoms with Crippen molar-refractivity contribution in [2.24, 2.45) is 0 Å². The van der Waals surface area contributed by atoms with Gasteiger partial charge in [-0.3, -0.25) is 0 Å². The van der Waals surface area contributed by atoms with Crippen LogP contribution in [0.4, 0.5) is 0 Å². The summed E-state index contributed by atoms with van der Waals surface area (Å²) in [5.41, 5.74) is 0. The van der Waals surface area contributed by atoms with E-state index in [2.05, 4.69) is 0 Å². The molecule has 2 aromatic rings. The molecule has 0 bridgehead atoms. The van der Waals surface area contributed by atoms with Gasteiger partial charge in [-0.1, -0.05) is 23.2 Å². The molecular formula is C12H10Cl2O3S. The minimum Gasteiger partial charge on any atom is -0.301 e. The summed E-state index contributed by atoms with van der Waals surface area (Å²) in [5.74, 6) is 0. The minimum absolute atomic E-state index is 0.112. The lowest BCUT2D eigenvalue weighted by atomic mass is 10.4. The molecule has 3 nitrogen and oxygen atoms in total. The van der Waals surface area contributed by atoms with Crippen molar-refractivity contribution in [1.82, 2.24) is 0 Å². The second kappa shape index (κ2) is 4.33. The molecule has 0 amide bonds. The van der Waals surface area contributed by atoms with E-state index in [1.165, 1.54) is 48.5 Å². The lowest BCUT2D eigenvalue weighted by Gasteiger charge is -2.31. The number of rotatable bonds is 2. The first-order chi connectivity index (χ1) is 8.28. The molecule has 96 valence electrons. The van der Waals surface area contributed by atoms with Gasteiger partial charge in [0, 0.05) is 10.0 Å². The van der Waals surface area contributed by atoms with Gasteiger partial charge in [0.1, 0.15) is 9.63 Å². The van der Waals surface area contributed by atoms with E-state index in [0.717, 1.165) is 0 Å². The molecule has 18 heavy (non-hydrogen) atoms. The predicted molar refractivity (Wildman–Crippen MR) is 72.8 cm³/mol. The van der Waals surface area contributed by atoms with Crippen molar-refractivity contribution in [1.29, 1.82) is 0 Å². The van der Waals surface area contributed by atoms with E-state index in [1.54, 1.807) is 0 Å². The van der Waals surface area contributed by atoms with Crippen LogP contribution in [0.2, 0.25) is 10.0 Å². The van der Waals surface area contributed by atoms with Gasteiger partial charge in [0.25, 0.3) is 0 Å². The Labute approximate surface area is 114 Å². The largest absolute Gasteiger partial charge is 0.301 e. The van der Waals surface area contributed by atoms with Crippen molar-refractivity contribution in [2.45, 2.75) is 9.79 Å². The predicted octanol–water partition coefficient (Wildman–Crippen LogP) is 4.18. The minimum atomic E-state index is -5.08. The van der Waals surface area contributed by atoms with E-state index >= 15 is 0 Å². The zero-order chi connectivity index (χ0) is 13.4. The Morgan fingerprint density at radius 1 is 0.722 bits per heavy atom. The van der Waals surface area contributed by atoms with Gasteiger partial charge in [-0.2, -0.15) is 0 Å². The third-order valence-electron chi connectivity index (χ3n) is 2.48. The summed E-state index contributed by atoms with van der Waals surface area (Å²) in [6.07, 6.45) is 0. The van der Waals surface area contributed by atoms with Gasteiger partial charge in [-0.05, 0) is 48.5 Å². The highest BCUT2D eigenvalue weighted by Gasteiger charge is 2.35. The van der Waals surface area contributed by atoms with Crippen molar-refractivity contribution in [3.63, 3.8) is 0 Å². The second-order valence-corrected chi connectivity index (χ2v) is 7.32. The van der Waals surface area contributed by atoms with Crippen LogP contribution < -0.4 is 0 Å². The maximum absolute atomic E-state index is 12.4. The molecule has 0 fully saturated rings. The van der Waals surface area contributed by atoms with Gasteiger partial charge in [0.05, 0.1) is 9.79 Å². The first kappa shape index (κ1) is 13.5. The molecular weight excluding hydrogens is 295 g/mol. The molecule has 0 aromatic heterocycles. The number of hydrogen-bond acceptors (Lipinski definition) is 1. The molecule has 0 atom stereocenters. The fourth-order valence-corrected chi connectivity index (χ4v) is 3.27. The van der Waals surface area contributed by atoms with Crippen LogP contribution in [0, 0.1) is 0 Å². The SMILES string of the molecule is O=S(O)(O)(c1ccc(Cl)cc1)c1ccc(Cl)cc1. The van der Waals surface area contributed by atoms with Crippen molar-refractivity contribution >= 4 is 32.8 Å². The fourth-order valence-electron chi connectivity index (χ4n) is 1.50. The summed E-state index contributed by atoms with van der Waals surface area (Å²) in [4.78, 5) is -0.225. The Morgan fingerprint density at radius 3 is 1.28 bits per heavy atom. The lowest BCUT2D eigenvalue weighted by Crippen LogP contribution is -2.31. The fraction of sp³-hybridized carbons (Fsp3) is 0. The molecule has 0 saturated carbocycles. The number of hydrogen-bond donors (Lipinski definition) is 2. The van der Waals surface area contributed by atoms with E-state index in [4.69, 9.17) is 23.2 Å². The van der Waals surface area contributed by atoms with Gasteiger partial charge < -0.3 is 9.11 Å². The van der Waals surface area contributed by atoms with Gasteiger partial charge in [-0.15, -0.1) is 0 Å². The van der Waals surface area contributed by atoms with Crippen LogP contribution in [0.3, 0.4) is 0 Å². The van der Waals surface area contributed by atoms with Gasteiger partial charge >= 0.3 is 0 Å². The zero-order valence-corrected chi connectivity index (χ0v) is 11.4. The molecule has 2 rings (SSSR count). The Hall–Kier alpha value is -0.910. The Balaban J connectivity index is 2.60. The highest BCUT2D eigenvalue weighted by atomic mass is 35.5. The van der Waals surface area contributed by atoms with E-state index in [1.807, 2.05) is 0 Å². The second-order valence-electron chi connectivity index (χ2n) is 3.77. The molecule has 0 spiro atoms. The molecule has 0 saturated heterocycles. The molecule has 0 aliphatic rings. The standard InChI is InChI=1S/C12H10Cl2O3S/c13-9-1-5-11(6-2-9)18(15,16,17)12-7-3-10(14)4-8-12/h1-8H,(H2,15,16,17). The van der Waals surface area contributed by atoms with E-state index in [9.17, 15) is 13.3 Å². The molecule has 6 heteroatoms. The molecule has 0 unspecified atom stereocenters. The van der Waals surface area contributed by atoms with E-state index in [0.29, 0.717) is 10.0 Å². The maximum atomic E-state index is 12.4. The molecule has 0 aliphatic heterocycles. The zero-order valence-electron chi connectivity index (χ0n) is 9.09. The first-order valence-electron chi connectivity index (χ1n) is 4.96. The Bertz CT molecular complexity index is 578. The molecule has 0 heterocycles. The number of benzene rings is 2. The van der Waals surface area contributed by atoms with Gasteiger partial charge in [-0.25, -0.2) is 4.21 Å². The molecule has 2 aromatic carbocycles. The van der Waals surface area contributed by atoms with Gasteiger partial charge in [0.2, 0.25) is 0 Å². The molecule has 0 radical (unpaired) electrons. The summed E-state index contributed by atoms with van der Waals surface area (Å²) in [5, 5.41) is 0.830. The average Bonchev–Trinajstić information content (AvgIpc) is 2.29. The van der Waals surface area contributed by atoms with E-state index < -0.39 is 9.63 Å². The van der Waals surface area contributed by atoms with Crippen LogP contribution in [0.15, 0.2) is 58.3 Å². The van der Waals surface area contributed by atoms with Crippen LogP contribution in [-0.4, -0.2) is 13.3 Å². The topological polar surface area (TPSA) is 57.5 Å². The van der Waals surface area contributed by atoms with Crippen molar-refractivity contribution in [3.8, 4) is 0 Å². The quantitative estimate of drug-likeness (QED) is 0.875. The van der Waals surface area contributed by atoms with Crippen molar-refractivity contribution in [3.05, 3.63) is 58.6 Å². The normalized spacial score (nSPS) is 13.9. The van der Waals surface area contributed by atoms with Crippen LogP contribution in [0.1, 0.15) is 0 Å². The summed E-state index contributed by atoms with van der Waals surface area (Å²) in [6, 6.07) is 11.0. The highest BCUT2D eigenvalue weighted by Crippen LogP contribution is 2.38. The highest BCUT2D eigenvalue weighted by molar-refractivity contribution is 8.10. The number of halogens is 2. The van der Waals surface area contributed by atoms with E-state index in [-0.39, 0.29) is 9.79 Å². The van der Waals surface area contributed by atoms with Crippen LogP contribution in [0.5, 0.6) is 0 Å². The summed E-state index contributed by atoms with van der Waals surface area (Å²) < 4.78 is 32.7. The third kappa shape index (κ3) is 2.43. The summed E-state index contributed by atoms with van der Waals surface area (Å²) in [6.45, 7) is 0. The summed E-state index contributed by atoms with van der Waals surface area (Å²) >= 11 is 11.4. The average molecular weight is 305 g/mol. The van der Waals surface area contributed by atoms with Crippen LogP contribution in [0.25, 0.3) is 0 Å². The monoisotopic (exact) mass is 304 g/mol. The lowest BCUT2D eigenvalue weighted by molar-refractivity contribution is 0.389. The van der Waals surface area contributed by atoms with Crippen LogP contribution in [-0.2, 0) is 9.63 Å². The molecule has 2 N–H and O–H groups in total. The van der Waals surface area contributed by atoms with Gasteiger partial charge in [0.15, 0.2) is 0 Å².